The van der Waals surface area contributed by atoms with E-state index < -0.39 is 17.3 Å². The average molecular weight is 313 g/mol. The standard InChI is InChI=1S/C16H12FN3O3/c1-20-9-8-18-14(16(20)22)19-15(21)13-7-6-12(23-13)10-4-2-3-5-11(10)17/h2-9H,1H3,(H,18,19,21). The van der Waals surface area contributed by atoms with Gasteiger partial charge in [0.15, 0.2) is 11.6 Å². The van der Waals surface area contributed by atoms with Crippen LogP contribution in [0.3, 0.4) is 0 Å². The maximum absolute atomic E-state index is 13.7. The highest BCUT2D eigenvalue weighted by Gasteiger charge is 2.16. The first kappa shape index (κ1) is 14.7. The van der Waals surface area contributed by atoms with Crippen molar-refractivity contribution in [3.05, 3.63) is 70.7 Å². The van der Waals surface area contributed by atoms with Gasteiger partial charge in [-0.15, -0.1) is 0 Å². The largest absolute Gasteiger partial charge is 0.451 e. The molecule has 23 heavy (non-hydrogen) atoms. The Labute approximate surface area is 130 Å². The first-order valence-corrected chi connectivity index (χ1v) is 6.74. The summed E-state index contributed by atoms with van der Waals surface area (Å²) in [7, 11) is 1.54. The monoisotopic (exact) mass is 313 g/mol. The summed E-state index contributed by atoms with van der Waals surface area (Å²) in [5.74, 6) is -1.02. The number of carbonyl (C=O) groups excluding carboxylic acids is 1. The minimum Gasteiger partial charge on any atom is -0.451 e. The second-order valence-corrected chi connectivity index (χ2v) is 4.79. The lowest BCUT2D eigenvalue weighted by Gasteiger charge is -2.03. The zero-order valence-corrected chi connectivity index (χ0v) is 12.1. The van der Waals surface area contributed by atoms with Crippen LogP contribution in [0.25, 0.3) is 11.3 Å². The Balaban J connectivity index is 1.86. The molecule has 0 aliphatic heterocycles. The summed E-state index contributed by atoms with van der Waals surface area (Å²) in [6.07, 6.45) is 2.87. The number of aromatic nitrogens is 2. The summed E-state index contributed by atoms with van der Waals surface area (Å²) in [6, 6.07) is 8.97. The molecule has 3 rings (SSSR count). The van der Waals surface area contributed by atoms with Gasteiger partial charge in [0.1, 0.15) is 11.6 Å². The van der Waals surface area contributed by atoms with Crippen LogP contribution in [-0.4, -0.2) is 15.5 Å². The number of nitrogens with one attached hydrogen (secondary N) is 1. The molecule has 0 unspecified atom stereocenters. The molecule has 6 nitrogen and oxygen atoms in total. The summed E-state index contributed by atoms with van der Waals surface area (Å²) in [5, 5.41) is 2.38. The minimum atomic E-state index is -0.636. The number of hydrogen-bond acceptors (Lipinski definition) is 4. The molecule has 0 saturated carbocycles. The first-order chi connectivity index (χ1) is 11.1. The highest BCUT2D eigenvalue weighted by atomic mass is 19.1. The number of anilines is 1. The average Bonchev–Trinajstić information content (AvgIpc) is 3.02. The van der Waals surface area contributed by atoms with Gasteiger partial charge in [0.25, 0.3) is 11.5 Å². The zero-order chi connectivity index (χ0) is 16.4. The van der Waals surface area contributed by atoms with Gasteiger partial charge in [-0.1, -0.05) is 12.1 Å². The third kappa shape index (κ3) is 2.89. The van der Waals surface area contributed by atoms with Gasteiger partial charge in [0, 0.05) is 19.4 Å². The number of nitrogens with zero attached hydrogens (tertiary/aromatic N) is 2. The van der Waals surface area contributed by atoms with Crippen LogP contribution in [0, 0.1) is 5.82 Å². The molecule has 0 aliphatic rings. The predicted octanol–water partition coefficient (Wildman–Crippen LogP) is 2.43. The molecule has 2 heterocycles. The number of carbonyl (C=O) groups is 1. The Hall–Kier alpha value is -3.22. The van der Waals surface area contributed by atoms with Gasteiger partial charge in [-0.05, 0) is 24.3 Å². The van der Waals surface area contributed by atoms with Crippen molar-refractivity contribution in [1.29, 1.82) is 0 Å². The number of aryl methyl sites for hydroxylation is 1. The van der Waals surface area contributed by atoms with Gasteiger partial charge in [0.05, 0.1) is 5.56 Å². The summed E-state index contributed by atoms with van der Waals surface area (Å²) >= 11 is 0. The molecule has 7 heteroatoms. The lowest BCUT2D eigenvalue weighted by atomic mass is 10.1. The quantitative estimate of drug-likeness (QED) is 0.805. The molecule has 0 bridgehead atoms. The summed E-state index contributed by atoms with van der Waals surface area (Å²) in [5.41, 5.74) is -0.193. The topological polar surface area (TPSA) is 77.1 Å². The molecular formula is C16H12FN3O3. The van der Waals surface area contributed by atoms with Crippen molar-refractivity contribution in [3.8, 4) is 11.3 Å². The molecule has 1 amide bonds. The van der Waals surface area contributed by atoms with Crippen LogP contribution in [0.2, 0.25) is 0 Å². The number of benzene rings is 1. The zero-order valence-electron chi connectivity index (χ0n) is 12.1. The number of furan rings is 1. The van der Waals surface area contributed by atoms with Crippen molar-refractivity contribution in [1.82, 2.24) is 9.55 Å². The third-order valence-electron chi connectivity index (χ3n) is 3.22. The van der Waals surface area contributed by atoms with Crippen LogP contribution in [0.4, 0.5) is 10.2 Å². The fourth-order valence-corrected chi connectivity index (χ4v) is 2.02. The molecule has 0 spiro atoms. The van der Waals surface area contributed by atoms with E-state index in [0.29, 0.717) is 0 Å². The van der Waals surface area contributed by atoms with E-state index >= 15 is 0 Å². The van der Waals surface area contributed by atoms with E-state index in [9.17, 15) is 14.0 Å². The Morgan fingerprint density at radius 3 is 2.83 bits per heavy atom. The Kier molecular flexibility index (Phi) is 3.76. The SMILES string of the molecule is Cn1ccnc(NC(=O)c2ccc(-c3ccccc3F)o2)c1=O. The van der Waals surface area contributed by atoms with E-state index in [1.165, 1.54) is 35.2 Å². The van der Waals surface area contributed by atoms with E-state index in [1.54, 1.807) is 25.2 Å². The number of hydrogen-bond donors (Lipinski definition) is 1. The van der Waals surface area contributed by atoms with Crippen molar-refractivity contribution in [3.63, 3.8) is 0 Å². The van der Waals surface area contributed by atoms with Crippen LogP contribution >= 0.6 is 0 Å². The van der Waals surface area contributed by atoms with Crippen molar-refractivity contribution in [2.24, 2.45) is 7.05 Å². The fraction of sp³-hybridized carbons (Fsp3) is 0.0625. The molecular weight excluding hydrogens is 301 g/mol. The Bertz CT molecular complexity index is 930. The van der Waals surface area contributed by atoms with Gasteiger partial charge in [-0.3, -0.25) is 14.9 Å². The normalized spacial score (nSPS) is 10.5. The molecule has 0 fully saturated rings. The van der Waals surface area contributed by atoms with E-state index in [0.717, 1.165) is 0 Å². The van der Waals surface area contributed by atoms with Crippen LogP contribution < -0.4 is 10.9 Å². The molecule has 0 saturated heterocycles. The maximum Gasteiger partial charge on any atom is 0.293 e. The van der Waals surface area contributed by atoms with Gasteiger partial charge in [-0.2, -0.15) is 0 Å². The van der Waals surface area contributed by atoms with Gasteiger partial charge in [0.2, 0.25) is 0 Å². The molecule has 1 N–H and O–H groups in total. The third-order valence-corrected chi connectivity index (χ3v) is 3.22. The van der Waals surface area contributed by atoms with E-state index in [4.69, 9.17) is 4.42 Å². The number of amides is 1. The van der Waals surface area contributed by atoms with Crippen molar-refractivity contribution < 1.29 is 13.6 Å². The lowest BCUT2D eigenvalue weighted by molar-refractivity contribution is 0.0996. The Morgan fingerprint density at radius 2 is 2.04 bits per heavy atom. The molecule has 0 radical (unpaired) electrons. The van der Waals surface area contributed by atoms with Crippen LogP contribution in [-0.2, 0) is 7.05 Å². The van der Waals surface area contributed by atoms with Crippen LogP contribution in [0.15, 0.2) is 58.0 Å². The van der Waals surface area contributed by atoms with Gasteiger partial charge < -0.3 is 8.98 Å². The smallest absolute Gasteiger partial charge is 0.293 e. The molecule has 3 aromatic rings. The predicted molar refractivity (Wildman–Crippen MR) is 81.5 cm³/mol. The molecule has 1 aromatic carbocycles. The molecule has 0 aliphatic carbocycles. The highest BCUT2D eigenvalue weighted by molar-refractivity contribution is 6.01. The summed E-state index contributed by atoms with van der Waals surface area (Å²) < 4.78 is 20.4. The van der Waals surface area contributed by atoms with Crippen molar-refractivity contribution in [2.75, 3.05) is 5.32 Å². The second-order valence-electron chi connectivity index (χ2n) is 4.79. The lowest BCUT2D eigenvalue weighted by Crippen LogP contribution is -2.24. The fourth-order valence-electron chi connectivity index (χ4n) is 2.02. The molecule has 116 valence electrons. The second kappa shape index (κ2) is 5.88. The number of halogens is 1. The molecule has 0 atom stereocenters. The maximum atomic E-state index is 13.7. The van der Waals surface area contributed by atoms with Crippen LogP contribution in [0.5, 0.6) is 0 Å². The Morgan fingerprint density at radius 1 is 1.26 bits per heavy atom. The van der Waals surface area contributed by atoms with E-state index in [1.807, 2.05) is 0 Å². The highest BCUT2D eigenvalue weighted by Crippen LogP contribution is 2.24. The first-order valence-electron chi connectivity index (χ1n) is 6.74. The molecule has 2 aromatic heterocycles. The minimum absolute atomic E-state index is 0.0454. The van der Waals surface area contributed by atoms with Crippen molar-refractivity contribution >= 4 is 11.7 Å². The number of rotatable bonds is 3. The van der Waals surface area contributed by atoms with E-state index in [2.05, 4.69) is 10.3 Å². The van der Waals surface area contributed by atoms with Gasteiger partial charge >= 0.3 is 0 Å². The van der Waals surface area contributed by atoms with E-state index in [-0.39, 0.29) is 22.9 Å². The van der Waals surface area contributed by atoms with Crippen LogP contribution in [0.1, 0.15) is 10.6 Å². The summed E-state index contributed by atoms with van der Waals surface area (Å²) in [4.78, 5) is 27.7. The van der Waals surface area contributed by atoms with Gasteiger partial charge in [-0.25, -0.2) is 9.37 Å². The van der Waals surface area contributed by atoms with Crippen molar-refractivity contribution in [2.45, 2.75) is 0 Å². The summed E-state index contributed by atoms with van der Waals surface area (Å²) in [6.45, 7) is 0.